The number of aromatic nitrogens is 1. The van der Waals surface area contributed by atoms with Gasteiger partial charge in [0.1, 0.15) is 17.5 Å². The van der Waals surface area contributed by atoms with Gasteiger partial charge in [-0.05, 0) is 12.1 Å². The lowest BCUT2D eigenvalue weighted by Gasteiger charge is -1.99. The third-order valence-corrected chi connectivity index (χ3v) is 1.20. The molecule has 0 saturated carbocycles. The molecule has 0 radical (unpaired) electrons. The van der Waals surface area contributed by atoms with Crippen LogP contribution in [0.3, 0.4) is 0 Å². The fraction of sp³-hybridized carbons (Fsp3) is 0. The fourth-order valence-corrected chi connectivity index (χ4v) is 0.697. The summed E-state index contributed by atoms with van der Waals surface area (Å²) < 4.78 is 12.7. The van der Waals surface area contributed by atoms with Gasteiger partial charge in [-0.1, -0.05) is 0 Å². The van der Waals surface area contributed by atoms with E-state index >= 15 is 0 Å². The number of pyridine rings is 1. The summed E-state index contributed by atoms with van der Waals surface area (Å²) in [4.78, 5) is 13.3. The SMILES string of the molecule is N#Cc1ccc(NC(=O)O)nc1F. The number of rotatable bonds is 1. The topological polar surface area (TPSA) is 86.0 Å². The molecule has 0 aliphatic rings. The maximum Gasteiger partial charge on any atom is 0.410 e. The molecule has 0 atom stereocenters. The standard InChI is InChI=1S/C7H4FN3O2/c8-6-4(3-9)1-2-5(10-6)11-7(12)13/h1-2H,(H,10,11)(H,12,13). The molecule has 1 aromatic rings. The van der Waals surface area contributed by atoms with Crippen LogP contribution < -0.4 is 5.32 Å². The lowest BCUT2D eigenvalue weighted by atomic mass is 10.3. The lowest BCUT2D eigenvalue weighted by Crippen LogP contribution is -2.09. The summed E-state index contributed by atoms with van der Waals surface area (Å²) in [6, 6.07) is 3.91. The van der Waals surface area contributed by atoms with Crippen molar-refractivity contribution in [3.8, 4) is 6.07 Å². The van der Waals surface area contributed by atoms with Gasteiger partial charge in [0.15, 0.2) is 0 Å². The molecule has 1 heterocycles. The molecule has 2 N–H and O–H groups in total. The van der Waals surface area contributed by atoms with Crippen LogP contribution in [0.15, 0.2) is 12.1 Å². The molecule has 0 bridgehead atoms. The fourth-order valence-electron chi connectivity index (χ4n) is 0.697. The van der Waals surface area contributed by atoms with Crippen LogP contribution in [0.1, 0.15) is 5.56 Å². The molecule has 1 rings (SSSR count). The number of nitrogens with one attached hydrogen (secondary N) is 1. The first-order valence-electron chi connectivity index (χ1n) is 3.20. The molecular formula is C7H4FN3O2. The van der Waals surface area contributed by atoms with Crippen molar-refractivity contribution in [2.24, 2.45) is 0 Å². The van der Waals surface area contributed by atoms with Gasteiger partial charge in [0.2, 0.25) is 5.95 Å². The van der Waals surface area contributed by atoms with E-state index in [1.165, 1.54) is 6.07 Å². The molecule has 0 fully saturated rings. The minimum Gasteiger partial charge on any atom is -0.465 e. The van der Waals surface area contributed by atoms with Crippen LogP contribution in [0.5, 0.6) is 0 Å². The van der Waals surface area contributed by atoms with Gasteiger partial charge in [0.05, 0.1) is 0 Å². The second-order valence-electron chi connectivity index (χ2n) is 2.08. The average Bonchev–Trinajstić information content (AvgIpc) is 2.03. The molecule has 1 aromatic heterocycles. The van der Waals surface area contributed by atoms with E-state index in [-0.39, 0.29) is 11.4 Å². The van der Waals surface area contributed by atoms with Crippen molar-refractivity contribution in [1.82, 2.24) is 4.98 Å². The highest BCUT2D eigenvalue weighted by atomic mass is 19.1. The molecule has 0 aliphatic carbocycles. The molecule has 0 aliphatic heterocycles. The largest absolute Gasteiger partial charge is 0.465 e. The molecule has 0 spiro atoms. The molecule has 13 heavy (non-hydrogen) atoms. The minimum absolute atomic E-state index is 0.149. The van der Waals surface area contributed by atoms with E-state index in [4.69, 9.17) is 10.4 Å². The predicted molar refractivity (Wildman–Crippen MR) is 40.6 cm³/mol. The Morgan fingerprint density at radius 2 is 2.38 bits per heavy atom. The van der Waals surface area contributed by atoms with Crippen molar-refractivity contribution >= 4 is 11.9 Å². The van der Waals surface area contributed by atoms with Gasteiger partial charge in [-0.15, -0.1) is 0 Å². The number of carboxylic acid groups (broad SMARTS) is 1. The molecule has 6 heteroatoms. The van der Waals surface area contributed by atoms with Crippen molar-refractivity contribution in [3.63, 3.8) is 0 Å². The van der Waals surface area contributed by atoms with E-state index in [9.17, 15) is 9.18 Å². The first kappa shape index (κ1) is 8.93. The second kappa shape index (κ2) is 3.49. The van der Waals surface area contributed by atoms with E-state index < -0.39 is 12.0 Å². The summed E-state index contributed by atoms with van der Waals surface area (Å²) in [6.45, 7) is 0. The zero-order chi connectivity index (χ0) is 9.84. The number of carbonyl (C=O) groups is 1. The lowest BCUT2D eigenvalue weighted by molar-refractivity contribution is 0.209. The smallest absolute Gasteiger partial charge is 0.410 e. The van der Waals surface area contributed by atoms with Gasteiger partial charge in [0, 0.05) is 0 Å². The summed E-state index contributed by atoms with van der Waals surface area (Å²) in [5.74, 6) is -1.14. The maximum absolute atomic E-state index is 12.7. The number of halogens is 1. The van der Waals surface area contributed by atoms with Crippen LogP contribution in [0.25, 0.3) is 0 Å². The van der Waals surface area contributed by atoms with Crippen molar-refractivity contribution < 1.29 is 14.3 Å². The van der Waals surface area contributed by atoms with Crippen molar-refractivity contribution in [3.05, 3.63) is 23.6 Å². The van der Waals surface area contributed by atoms with E-state index in [2.05, 4.69) is 4.98 Å². The zero-order valence-electron chi connectivity index (χ0n) is 6.28. The van der Waals surface area contributed by atoms with E-state index in [1.807, 2.05) is 5.32 Å². The molecular weight excluding hydrogens is 177 g/mol. The third kappa shape index (κ3) is 2.13. The number of nitriles is 1. The average molecular weight is 181 g/mol. The van der Waals surface area contributed by atoms with Gasteiger partial charge in [0.25, 0.3) is 0 Å². The Kier molecular flexibility index (Phi) is 2.40. The van der Waals surface area contributed by atoms with Gasteiger partial charge < -0.3 is 5.11 Å². The molecule has 0 saturated heterocycles. The Morgan fingerprint density at radius 1 is 1.69 bits per heavy atom. The molecule has 0 unspecified atom stereocenters. The summed E-state index contributed by atoms with van der Waals surface area (Å²) in [5.41, 5.74) is -0.226. The van der Waals surface area contributed by atoms with Crippen molar-refractivity contribution in [2.45, 2.75) is 0 Å². The van der Waals surface area contributed by atoms with Crippen LogP contribution in [-0.4, -0.2) is 16.2 Å². The first-order chi connectivity index (χ1) is 6.13. The molecule has 66 valence electrons. The highest BCUT2D eigenvalue weighted by Gasteiger charge is 2.05. The van der Waals surface area contributed by atoms with E-state index in [0.717, 1.165) is 6.07 Å². The van der Waals surface area contributed by atoms with Crippen LogP contribution in [-0.2, 0) is 0 Å². The Labute approximate surface area is 72.4 Å². The third-order valence-electron chi connectivity index (χ3n) is 1.20. The van der Waals surface area contributed by atoms with E-state index in [0.29, 0.717) is 0 Å². The number of hydrogen-bond donors (Lipinski definition) is 2. The monoisotopic (exact) mass is 181 g/mol. The zero-order valence-corrected chi connectivity index (χ0v) is 6.28. The molecule has 5 nitrogen and oxygen atoms in total. The van der Waals surface area contributed by atoms with Crippen molar-refractivity contribution in [2.75, 3.05) is 5.32 Å². The normalized spacial score (nSPS) is 8.92. The number of nitrogens with zero attached hydrogens (tertiary/aromatic N) is 2. The number of amides is 1. The Hall–Kier alpha value is -2.16. The Balaban J connectivity index is 2.97. The van der Waals surface area contributed by atoms with Crippen LogP contribution in [0, 0.1) is 17.3 Å². The highest BCUT2D eigenvalue weighted by molar-refractivity contribution is 5.81. The second-order valence-corrected chi connectivity index (χ2v) is 2.08. The number of anilines is 1. The quantitative estimate of drug-likeness (QED) is 0.637. The number of hydrogen-bond acceptors (Lipinski definition) is 3. The van der Waals surface area contributed by atoms with Gasteiger partial charge in [-0.3, -0.25) is 5.32 Å². The summed E-state index contributed by atoms with van der Waals surface area (Å²) in [5, 5.41) is 18.4. The van der Waals surface area contributed by atoms with Crippen LogP contribution in [0.2, 0.25) is 0 Å². The first-order valence-corrected chi connectivity index (χ1v) is 3.20. The Morgan fingerprint density at radius 3 is 2.85 bits per heavy atom. The van der Waals surface area contributed by atoms with Gasteiger partial charge >= 0.3 is 6.09 Å². The molecule has 1 amide bonds. The Bertz CT molecular complexity index is 386. The van der Waals surface area contributed by atoms with Crippen LogP contribution in [0.4, 0.5) is 15.0 Å². The highest BCUT2D eigenvalue weighted by Crippen LogP contribution is 2.08. The predicted octanol–water partition coefficient (Wildman–Crippen LogP) is 1.18. The summed E-state index contributed by atoms with van der Waals surface area (Å²) in [7, 11) is 0. The maximum atomic E-state index is 12.7. The van der Waals surface area contributed by atoms with Gasteiger partial charge in [-0.2, -0.15) is 9.65 Å². The van der Waals surface area contributed by atoms with Gasteiger partial charge in [-0.25, -0.2) is 9.78 Å². The molecule has 0 aromatic carbocycles. The summed E-state index contributed by atoms with van der Waals surface area (Å²) >= 11 is 0. The van der Waals surface area contributed by atoms with E-state index in [1.54, 1.807) is 6.07 Å². The summed E-state index contributed by atoms with van der Waals surface area (Å²) in [6.07, 6.45) is -1.34. The van der Waals surface area contributed by atoms with Crippen LogP contribution >= 0.6 is 0 Å². The van der Waals surface area contributed by atoms with Crippen molar-refractivity contribution in [1.29, 1.82) is 5.26 Å². The minimum atomic E-state index is -1.34.